The van der Waals surface area contributed by atoms with Gasteiger partial charge in [0.05, 0.1) is 32.2 Å². The van der Waals surface area contributed by atoms with Crippen LogP contribution in [0.15, 0.2) is 54.7 Å². The molecule has 3 heterocycles. The van der Waals surface area contributed by atoms with Crippen molar-refractivity contribution in [2.45, 2.75) is 45.7 Å². The molecule has 2 aromatic carbocycles. The normalized spacial score (nSPS) is 17.7. The number of anilines is 1. The lowest BCUT2D eigenvalue weighted by atomic mass is 9.97. The van der Waals surface area contributed by atoms with Crippen LogP contribution in [0.1, 0.15) is 53.7 Å². The Morgan fingerprint density at radius 3 is 2.66 bits per heavy atom. The molecule has 180 valence electrons. The van der Waals surface area contributed by atoms with Gasteiger partial charge in [-0.05, 0) is 36.1 Å². The van der Waals surface area contributed by atoms with Gasteiger partial charge in [-0.2, -0.15) is 0 Å². The minimum Gasteiger partial charge on any atom is -0.377 e. The summed E-state index contributed by atoms with van der Waals surface area (Å²) in [6.07, 6.45) is 2.07. The first-order valence-electron chi connectivity index (χ1n) is 12.2. The molecule has 1 saturated heterocycles. The summed E-state index contributed by atoms with van der Waals surface area (Å²) in [6, 6.07) is 15.7. The maximum atomic E-state index is 12.9. The fourth-order valence-corrected chi connectivity index (χ4v) is 4.76. The van der Waals surface area contributed by atoms with E-state index in [2.05, 4.69) is 24.9 Å². The lowest BCUT2D eigenvalue weighted by Crippen LogP contribution is -2.47. The number of benzene rings is 2. The van der Waals surface area contributed by atoms with Crippen molar-refractivity contribution < 1.29 is 14.3 Å². The van der Waals surface area contributed by atoms with Crippen molar-refractivity contribution in [3.63, 3.8) is 0 Å². The number of fused-ring (bicyclic) bond motifs is 1. The van der Waals surface area contributed by atoms with E-state index >= 15 is 0 Å². The summed E-state index contributed by atoms with van der Waals surface area (Å²) in [4.78, 5) is 38.8. The molecule has 0 radical (unpaired) electrons. The van der Waals surface area contributed by atoms with Crippen LogP contribution in [-0.2, 0) is 22.5 Å². The molecule has 0 spiro atoms. The van der Waals surface area contributed by atoms with Crippen LogP contribution >= 0.6 is 0 Å². The van der Waals surface area contributed by atoms with Crippen molar-refractivity contribution in [3.8, 4) is 11.4 Å². The molecule has 7 heteroatoms. The third kappa shape index (κ3) is 4.56. The monoisotopic (exact) mass is 470 g/mol. The van der Waals surface area contributed by atoms with Gasteiger partial charge in [-0.15, -0.1) is 0 Å². The number of nitrogens with zero attached hydrogens (tertiary/aromatic N) is 4. The molecule has 0 bridgehead atoms. The molecular formula is C28H30N4O3. The van der Waals surface area contributed by atoms with Gasteiger partial charge in [-0.3, -0.25) is 14.5 Å². The number of amides is 2. The Bertz CT molecular complexity index is 1260. The Hall–Kier alpha value is -3.58. The first-order valence-corrected chi connectivity index (χ1v) is 12.2. The quantitative estimate of drug-likeness (QED) is 0.558. The summed E-state index contributed by atoms with van der Waals surface area (Å²) in [5.41, 5.74) is 4.60. The molecule has 0 unspecified atom stereocenters. The molecule has 7 nitrogen and oxygen atoms in total. The number of aromatic nitrogens is 2. The molecule has 35 heavy (non-hydrogen) atoms. The van der Waals surface area contributed by atoms with Gasteiger partial charge < -0.3 is 9.64 Å². The second-order valence-corrected chi connectivity index (χ2v) is 9.56. The van der Waals surface area contributed by atoms with Crippen LogP contribution in [0.3, 0.4) is 0 Å². The lowest BCUT2D eigenvalue weighted by molar-refractivity contribution is -0.117. The zero-order valence-corrected chi connectivity index (χ0v) is 20.4. The molecule has 0 aliphatic carbocycles. The first kappa shape index (κ1) is 23.2. The highest BCUT2D eigenvalue weighted by Gasteiger charge is 2.30. The van der Waals surface area contributed by atoms with Gasteiger partial charge in [-0.25, -0.2) is 9.97 Å². The predicted molar refractivity (Wildman–Crippen MR) is 134 cm³/mol. The van der Waals surface area contributed by atoms with Gasteiger partial charge in [0, 0.05) is 29.4 Å². The highest BCUT2D eigenvalue weighted by atomic mass is 16.5. The van der Waals surface area contributed by atoms with Crippen LogP contribution in [0.2, 0.25) is 0 Å². The van der Waals surface area contributed by atoms with E-state index in [-0.39, 0.29) is 17.9 Å². The second kappa shape index (κ2) is 9.58. The number of rotatable bonds is 5. The van der Waals surface area contributed by atoms with Gasteiger partial charge in [-0.1, -0.05) is 50.2 Å². The van der Waals surface area contributed by atoms with Crippen molar-refractivity contribution >= 4 is 17.6 Å². The van der Waals surface area contributed by atoms with E-state index < -0.39 is 0 Å². The van der Waals surface area contributed by atoms with Crippen molar-refractivity contribution in [1.29, 1.82) is 0 Å². The first-order chi connectivity index (χ1) is 16.9. The fraction of sp³-hybridized carbons (Fsp3) is 0.357. The van der Waals surface area contributed by atoms with Crippen LogP contribution < -0.4 is 4.90 Å². The maximum absolute atomic E-state index is 12.9. The number of ether oxygens (including phenoxy) is 1. The van der Waals surface area contributed by atoms with Gasteiger partial charge in [0.15, 0.2) is 5.82 Å². The molecule has 2 amide bonds. The molecule has 2 aliphatic heterocycles. The van der Waals surface area contributed by atoms with Crippen LogP contribution in [0.5, 0.6) is 0 Å². The summed E-state index contributed by atoms with van der Waals surface area (Å²) in [5.74, 6) is 1.65. The number of carbonyl (C=O) groups is 2. The molecule has 0 N–H and O–H groups in total. The summed E-state index contributed by atoms with van der Waals surface area (Å²) in [7, 11) is 0. The highest BCUT2D eigenvalue weighted by molar-refractivity contribution is 6.00. The smallest absolute Gasteiger partial charge is 0.254 e. The average Bonchev–Trinajstić information content (AvgIpc) is 3.18. The number of morpholine rings is 1. The van der Waals surface area contributed by atoms with Crippen molar-refractivity contribution in [3.05, 3.63) is 77.0 Å². The van der Waals surface area contributed by atoms with Crippen LogP contribution in [-0.4, -0.2) is 52.5 Å². The summed E-state index contributed by atoms with van der Waals surface area (Å²) in [5, 5.41) is 0. The SMILES string of the molecule is CC(C)c1ccccc1-c1ncc2c(n1)N(Cc1ccc(C(=O)N3CCOC[C@@H]3C)cc1)C(=O)C2. The Balaban J connectivity index is 1.37. The van der Waals surface area contributed by atoms with E-state index in [1.165, 1.54) is 5.56 Å². The Morgan fingerprint density at radius 2 is 1.91 bits per heavy atom. The molecule has 0 saturated carbocycles. The minimum atomic E-state index is 0.00545. The molecule has 1 aromatic heterocycles. The molecular weight excluding hydrogens is 440 g/mol. The number of hydrogen-bond donors (Lipinski definition) is 0. The van der Waals surface area contributed by atoms with Crippen LogP contribution in [0.4, 0.5) is 5.82 Å². The van der Waals surface area contributed by atoms with E-state index in [4.69, 9.17) is 9.72 Å². The van der Waals surface area contributed by atoms with E-state index in [0.717, 1.165) is 16.7 Å². The minimum absolute atomic E-state index is 0.00545. The van der Waals surface area contributed by atoms with Gasteiger partial charge in [0.1, 0.15) is 5.82 Å². The molecule has 1 atom stereocenters. The van der Waals surface area contributed by atoms with Crippen LogP contribution in [0, 0.1) is 0 Å². The lowest BCUT2D eigenvalue weighted by Gasteiger charge is -2.33. The van der Waals surface area contributed by atoms with Crippen molar-refractivity contribution in [2.24, 2.45) is 0 Å². The average molecular weight is 471 g/mol. The number of carbonyl (C=O) groups excluding carboxylic acids is 2. The zero-order valence-electron chi connectivity index (χ0n) is 20.4. The molecule has 2 aliphatic rings. The van der Waals surface area contributed by atoms with Gasteiger partial charge in [0.25, 0.3) is 5.91 Å². The molecule has 1 fully saturated rings. The van der Waals surface area contributed by atoms with Crippen LogP contribution in [0.25, 0.3) is 11.4 Å². The molecule has 5 rings (SSSR count). The number of hydrogen-bond acceptors (Lipinski definition) is 5. The third-order valence-corrected chi connectivity index (χ3v) is 6.73. The standard InChI is InChI=1S/C28H30N4O3/c1-18(2)23-6-4-5-7-24(23)26-29-15-22-14-25(33)32(27(22)30-26)16-20-8-10-21(11-9-20)28(34)31-12-13-35-17-19(31)3/h4-11,15,18-19H,12-14,16-17H2,1-3H3/t19-/m0/s1. The molecule has 3 aromatic rings. The van der Waals surface area contributed by atoms with Crippen molar-refractivity contribution in [1.82, 2.24) is 14.9 Å². The topological polar surface area (TPSA) is 75.6 Å². The largest absolute Gasteiger partial charge is 0.377 e. The second-order valence-electron chi connectivity index (χ2n) is 9.56. The zero-order chi connectivity index (χ0) is 24.5. The van der Waals surface area contributed by atoms with Crippen molar-refractivity contribution in [2.75, 3.05) is 24.7 Å². The predicted octanol–water partition coefficient (Wildman–Crippen LogP) is 4.22. The summed E-state index contributed by atoms with van der Waals surface area (Å²) >= 11 is 0. The Morgan fingerprint density at radius 1 is 1.14 bits per heavy atom. The van der Waals surface area contributed by atoms with E-state index in [0.29, 0.717) is 55.8 Å². The van der Waals surface area contributed by atoms with E-state index in [1.807, 2.05) is 54.3 Å². The van der Waals surface area contributed by atoms with E-state index in [9.17, 15) is 9.59 Å². The maximum Gasteiger partial charge on any atom is 0.254 e. The Kier molecular flexibility index (Phi) is 6.34. The highest BCUT2D eigenvalue weighted by Crippen LogP contribution is 2.32. The van der Waals surface area contributed by atoms with E-state index in [1.54, 1.807) is 11.1 Å². The van der Waals surface area contributed by atoms with Gasteiger partial charge >= 0.3 is 0 Å². The fourth-order valence-electron chi connectivity index (χ4n) is 4.76. The Labute approximate surface area is 205 Å². The summed E-state index contributed by atoms with van der Waals surface area (Å²) < 4.78 is 5.44. The van der Waals surface area contributed by atoms with Gasteiger partial charge in [0.2, 0.25) is 5.91 Å². The summed E-state index contributed by atoms with van der Waals surface area (Å²) in [6.45, 7) is 8.42. The third-order valence-electron chi connectivity index (χ3n) is 6.73.